The van der Waals surface area contributed by atoms with Gasteiger partial charge < -0.3 is 4.98 Å². The molecule has 1 N–H and O–H groups in total. The number of hydrogen-bond donors (Lipinski definition) is 1. The molecular formula is C17H11FN2O. The monoisotopic (exact) mass is 278 g/mol. The average Bonchev–Trinajstić information content (AvgIpc) is 2.93. The molecule has 0 saturated carbocycles. The Hall–Kier alpha value is -2.93. The number of hydrogen-bond acceptors (Lipinski definition) is 2. The van der Waals surface area contributed by atoms with Gasteiger partial charge in [0.2, 0.25) is 0 Å². The number of fused-ring (bicyclic) bond motifs is 1. The van der Waals surface area contributed by atoms with Crippen LogP contribution in [0.4, 0.5) is 4.39 Å². The number of nitrogens with zero attached hydrogens (tertiary/aromatic N) is 1. The van der Waals surface area contributed by atoms with Crippen LogP contribution in [0.25, 0.3) is 10.9 Å². The first-order valence-electron chi connectivity index (χ1n) is 6.43. The molecule has 0 unspecified atom stereocenters. The van der Waals surface area contributed by atoms with Gasteiger partial charge in [-0.25, -0.2) is 4.39 Å². The van der Waals surface area contributed by atoms with Crippen LogP contribution >= 0.6 is 0 Å². The normalized spacial score (nSPS) is 10.5. The lowest BCUT2D eigenvalue weighted by Crippen LogP contribution is -2.02. The van der Waals surface area contributed by atoms with Gasteiger partial charge in [-0.05, 0) is 42.8 Å². The molecule has 21 heavy (non-hydrogen) atoms. The standard InChI is InChI=1S/C17H11FN2O/c1-10-7-11(5-6-14(10)18)17(21)13-9-20-15-4-2-3-12(8-19)16(13)15/h2-7,9,20H,1H3. The number of ketones is 1. The second-order valence-corrected chi connectivity index (χ2v) is 4.84. The van der Waals surface area contributed by atoms with E-state index in [2.05, 4.69) is 11.1 Å². The summed E-state index contributed by atoms with van der Waals surface area (Å²) in [6.45, 7) is 1.61. The Morgan fingerprint density at radius 2 is 2.10 bits per heavy atom. The zero-order valence-corrected chi connectivity index (χ0v) is 11.3. The van der Waals surface area contributed by atoms with Crippen molar-refractivity contribution in [2.75, 3.05) is 0 Å². The molecule has 0 atom stereocenters. The molecule has 1 aromatic heterocycles. The highest BCUT2D eigenvalue weighted by atomic mass is 19.1. The molecule has 0 saturated heterocycles. The van der Waals surface area contributed by atoms with Gasteiger partial charge in [0.1, 0.15) is 5.82 Å². The number of nitriles is 1. The van der Waals surface area contributed by atoms with E-state index in [-0.39, 0.29) is 11.6 Å². The number of aromatic amines is 1. The summed E-state index contributed by atoms with van der Waals surface area (Å²) in [6, 6.07) is 11.6. The van der Waals surface area contributed by atoms with E-state index >= 15 is 0 Å². The van der Waals surface area contributed by atoms with Gasteiger partial charge in [0.15, 0.2) is 5.78 Å². The topological polar surface area (TPSA) is 56.6 Å². The van der Waals surface area contributed by atoms with Crippen LogP contribution in [-0.4, -0.2) is 10.8 Å². The number of benzene rings is 2. The van der Waals surface area contributed by atoms with Crippen molar-refractivity contribution in [2.45, 2.75) is 6.92 Å². The first-order chi connectivity index (χ1) is 10.1. The van der Waals surface area contributed by atoms with E-state index in [1.54, 1.807) is 25.3 Å². The molecular weight excluding hydrogens is 267 g/mol. The first-order valence-corrected chi connectivity index (χ1v) is 6.43. The molecule has 0 radical (unpaired) electrons. The molecule has 102 valence electrons. The highest BCUT2D eigenvalue weighted by Gasteiger charge is 2.17. The second-order valence-electron chi connectivity index (χ2n) is 4.84. The van der Waals surface area contributed by atoms with Crippen molar-refractivity contribution in [2.24, 2.45) is 0 Å². The number of halogens is 1. The highest BCUT2D eigenvalue weighted by molar-refractivity contribution is 6.17. The summed E-state index contributed by atoms with van der Waals surface area (Å²) in [7, 11) is 0. The predicted octanol–water partition coefficient (Wildman–Crippen LogP) is 3.72. The van der Waals surface area contributed by atoms with Crippen molar-refractivity contribution >= 4 is 16.7 Å². The van der Waals surface area contributed by atoms with Gasteiger partial charge >= 0.3 is 0 Å². The number of carbonyl (C=O) groups is 1. The molecule has 2 aromatic carbocycles. The summed E-state index contributed by atoms with van der Waals surface area (Å²) in [5.41, 5.74) is 2.42. The third-order valence-electron chi connectivity index (χ3n) is 3.49. The molecule has 0 fully saturated rings. The SMILES string of the molecule is Cc1cc(C(=O)c2c[nH]c3cccc(C#N)c23)ccc1F. The third-order valence-corrected chi connectivity index (χ3v) is 3.49. The van der Waals surface area contributed by atoms with Crippen molar-refractivity contribution in [1.29, 1.82) is 5.26 Å². The third kappa shape index (κ3) is 2.09. The van der Waals surface area contributed by atoms with Gasteiger partial charge in [0.05, 0.1) is 11.6 Å². The highest BCUT2D eigenvalue weighted by Crippen LogP contribution is 2.25. The molecule has 0 aliphatic carbocycles. The minimum atomic E-state index is -0.344. The van der Waals surface area contributed by atoms with Crippen LogP contribution in [0.5, 0.6) is 0 Å². The summed E-state index contributed by atoms with van der Waals surface area (Å²) >= 11 is 0. The van der Waals surface area contributed by atoms with Crippen LogP contribution in [0.2, 0.25) is 0 Å². The summed E-state index contributed by atoms with van der Waals surface area (Å²) in [5, 5.41) is 9.79. The lowest BCUT2D eigenvalue weighted by atomic mass is 9.99. The maximum absolute atomic E-state index is 13.3. The average molecular weight is 278 g/mol. The zero-order chi connectivity index (χ0) is 15.0. The maximum Gasteiger partial charge on any atom is 0.195 e. The van der Waals surface area contributed by atoms with Crippen LogP contribution in [0.1, 0.15) is 27.0 Å². The van der Waals surface area contributed by atoms with Crippen molar-refractivity contribution in [3.8, 4) is 6.07 Å². The maximum atomic E-state index is 13.3. The van der Waals surface area contributed by atoms with Crippen molar-refractivity contribution in [1.82, 2.24) is 4.98 Å². The Morgan fingerprint density at radius 3 is 2.81 bits per heavy atom. The van der Waals surface area contributed by atoms with E-state index in [4.69, 9.17) is 0 Å². The number of aryl methyl sites for hydroxylation is 1. The van der Waals surface area contributed by atoms with Gasteiger partial charge in [0.25, 0.3) is 0 Å². The number of aromatic nitrogens is 1. The fourth-order valence-corrected chi connectivity index (χ4v) is 2.40. The molecule has 0 spiro atoms. The zero-order valence-electron chi connectivity index (χ0n) is 11.3. The van der Waals surface area contributed by atoms with E-state index < -0.39 is 0 Å². The molecule has 3 aromatic rings. The summed E-state index contributed by atoms with van der Waals surface area (Å²) < 4.78 is 13.3. The van der Waals surface area contributed by atoms with E-state index in [9.17, 15) is 14.4 Å². The summed E-state index contributed by atoms with van der Waals surface area (Å²) in [5.74, 6) is -0.574. The molecule has 4 heteroatoms. The fourth-order valence-electron chi connectivity index (χ4n) is 2.40. The largest absolute Gasteiger partial charge is 0.360 e. The van der Waals surface area contributed by atoms with Gasteiger partial charge in [-0.1, -0.05) is 6.07 Å². The minimum absolute atomic E-state index is 0.230. The number of carbonyl (C=O) groups excluding carboxylic acids is 1. The van der Waals surface area contributed by atoms with Crippen LogP contribution in [0, 0.1) is 24.1 Å². The molecule has 0 amide bonds. The Labute approximate surface area is 120 Å². The van der Waals surface area contributed by atoms with Crippen LogP contribution in [-0.2, 0) is 0 Å². The van der Waals surface area contributed by atoms with Crippen molar-refractivity contribution in [3.05, 3.63) is 70.7 Å². The number of H-pyrrole nitrogens is 1. The quantitative estimate of drug-likeness (QED) is 0.726. The van der Waals surface area contributed by atoms with E-state index in [1.807, 2.05) is 6.07 Å². The number of nitrogens with one attached hydrogen (secondary N) is 1. The molecule has 0 aliphatic rings. The summed E-state index contributed by atoms with van der Waals surface area (Å²) in [4.78, 5) is 15.6. The second kappa shape index (κ2) is 4.88. The molecule has 0 aliphatic heterocycles. The van der Waals surface area contributed by atoms with Gasteiger partial charge in [0, 0.05) is 28.2 Å². The van der Waals surface area contributed by atoms with Crippen molar-refractivity contribution < 1.29 is 9.18 Å². The molecule has 1 heterocycles. The number of rotatable bonds is 2. The van der Waals surface area contributed by atoms with Gasteiger partial charge in [-0.3, -0.25) is 4.79 Å². The Morgan fingerprint density at radius 1 is 1.29 bits per heavy atom. The van der Waals surface area contributed by atoms with E-state index in [0.29, 0.717) is 27.6 Å². The van der Waals surface area contributed by atoms with Gasteiger partial charge in [-0.15, -0.1) is 0 Å². The van der Waals surface area contributed by atoms with Gasteiger partial charge in [-0.2, -0.15) is 5.26 Å². The van der Waals surface area contributed by atoms with E-state index in [1.165, 1.54) is 18.2 Å². The Balaban J connectivity index is 2.18. The molecule has 0 bridgehead atoms. The minimum Gasteiger partial charge on any atom is -0.360 e. The summed E-state index contributed by atoms with van der Waals surface area (Å²) in [6.07, 6.45) is 1.59. The smallest absolute Gasteiger partial charge is 0.195 e. The lowest BCUT2D eigenvalue weighted by Gasteiger charge is -2.03. The van der Waals surface area contributed by atoms with Crippen LogP contribution < -0.4 is 0 Å². The molecule has 3 nitrogen and oxygen atoms in total. The Kier molecular flexibility index (Phi) is 3.03. The van der Waals surface area contributed by atoms with Crippen LogP contribution in [0.15, 0.2) is 42.6 Å². The fraction of sp³-hybridized carbons (Fsp3) is 0.0588. The molecule has 3 rings (SSSR count). The lowest BCUT2D eigenvalue weighted by molar-refractivity contribution is 0.104. The first kappa shape index (κ1) is 13.1. The Bertz CT molecular complexity index is 903. The predicted molar refractivity (Wildman–Crippen MR) is 77.6 cm³/mol. The van der Waals surface area contributed by atoms with E-state index in [0.717, 1.165) is 5.52 Å². The van der Waals surface area contributed by atoms with Crippen LogP contribution in [0.3, 0.4) is 0 Å². The van der Waals surface area contributed by atoms with Crippen molar-refractivity contribution in [3.63, 3.8) is 0 Å².